The average Bonchev–Trinajstić information content (AvgIpc) is 3.59. The molecule has 3 N–H and O–H groups in total. The molecule has 9 heteroatoms. The molecule has 0 bridgehead atoms. The van der Waals surface area contributed by atoms with Gasteiger partial charge in [0.05, 0.1) is 17.8 Å². The number of hydrogen-bond acceptors (Lipinski definition) is 9. The minimum Gasteiger partial charge on any atom is -0.490 e. The highest BCUT2D eigenvalue weighted by atomic mass is 32.1. The van der Waals surface area contributed by atoms with Crippen LogP contribution in [0.1, 0.15) is 49.4 Å². The zero-order valence-corrected chi connectivity index (χ0v) is 20.6. The van der Waals surface area contributed by atoms with Crippen LogP contribution in [0.2, 0.25) is 0 Å². The molecule has 0 saturated carbocycles. The summed E-state index contributed by atoms with van der Waals surface area (Å²) in [4.78, 5) is 1.87. The lowest BCUT2D eigenvalue weighted by molar-refractivity contribution is -0.0225. The Hall–Kier alpha value is -2.87. The predicted molar refractivity (Wildman–Crippen MR) is 134 cm³/mol. The van der Waals surface area contributed by atoms with Gasteiger partial charge in [-0.1, -0.05) is 29.5 Å². The van der Waals surface area contributed by atoms with Crippen molar-refractivity contribution >= 4 is 11.3 Å². The number of benzene rings is 2. The first-order chi connectivity index (χ1) is 16.9. The van der Waals surface area contributed by atoms with Gasteiger partial charge in [-0.05, 0) is 62.4 Å². The molecule has 2 aliphatic rings. The standard InChI is InChI=1S/C26H29N5O3S/c1-15(2)34-23-9-6-16(12-17(23)13-27)24-29-30-25(35-24)21-5-3-4-20-19(21)7-8-22(20)28-26(33)31-11-10-18(32)14-31/h3-6,9,12,15,18,22,26,28,32-33H,7-8,10-11,14H2,1-2H3/t18-,22-,26?/m0/s1. The summed E-state index contributed by atoms with van der Waals surface area (Å²) in [7, 11) is 0. The van der Waals surface area contributed by atoms with E-state index in [0.29, 0.717) is 30.8 Å². The first-order valence-electron chi connectivity index (χ1n) is 12.0. The van der Waals surface area contributed by atoms with Gasteiger partial charge in [-0.2, -0.15) is 5.26 Å². The summed E-state index contributed by atoms with van der Waals surface area (Å²) in [5.41, 5.74) is 4.76. The molecule has 3 atom stereocenters. The van der Waals surface area contributed by atoms with E-state index in [9.17, 15) is 15.5 Å². The van der Waals surface area contributed by atoms with E-state index < -0.39 is 6.35 Å². The summed E-state index contributed by atoms with van der Waals surface area (Å²) in [6.07, 6.45) is 1.29. The molecular formula is C26H29N5O3S. The highest BCUT2D eigenvalue weighted by Gasteiger charge is 2.31. The van der Waals surface area contributed by atoms with Crippen molar-refractivity contribution in [2.45, 2.75) is 57.7 Å². The molecular weight excluding hydrogens is 462 g/mol. The van der Waals surface area contributed by atoms with E-state index in [1.54, 1.807) is 6.07 Å². The molecule has 182 valence electrons. The number of nitriles is 1. The van der Waals surface area contributed by atoms with Crippen LogP contribution < -0.4 is 10.1 Å². The van der Waals surface area contributed by atoms with Crippen molar-refractivity contribution in [1.82, 2.24) is 20.4 Å². The summed E-state index contributed by atoms with van der Waals surface area (Å²) < 4.78 is 5.73. The van der Waals surface area contributed by atoms with Crippen molar-refractivity contribution in [3.63, 3.8) is 0 Å². The quantitative estimate of drug-likeness (QED) is 0.431. The van der Waals surface area contributed by atoms with Crippen molar-refractivity contribution in [2.75, 3.05) is 13.1 Å². The molecule has 0 radical (unpaired) electrons. The maximum absolute atomic E-state index is 10.6. The average molecular weight is 492 g/mol. The third kappa shape index (κ3) is 4.94. The second kappa shape index (κ2) is 10.0. The van der Waals surface area contributed by atoms with Crippen LogP contribution in [0.5, 0.6) is 5.75 Å². The number of β-amino-alcohol motifs (C(OH)–C–C–N with tert-alkyl or cyclic N) is 1. The van der Waals surface area contributed by atoms with Crippen LogP contribution in [0.3, 0.4) is 0 Å². The SMILES string of the molecule is CC(C)Oc1ccc(-c2nnc(-c3cccc4c3CC[C@@H]4NC(O)N3CC[C@H](O)C3)s2)cc1C#N. The number of ether oxygens (including phenoxy) is 1. The highest BCUT2D eigenvalue weighted by molar-refractivity contribution is 7.17. The molecule has 1 aromatic heterocycles. The normalized spacial score (nSPS) is 20.7. The van der Waals surface area contributed by atoms with Crippen molar-refractivity contribution in [3.8, 4) is 33.0 Å². The van der Waals surface area contributed by atoms with Crippen molar-refractivity contribution in [1.29, 1.82) is 5.26 Å². The summed E-state index contributed by atoms with van der Waals surface area (Å²) in [6, 6.07) is 14.0. The van der Waals surface area contributed by atoms with Gasteiger partial charge in [-0.15, -0.1) is 10.2 Å². The van der Waals surface area contributed by atoms with E-state index in [0.717, 1.165) is 34.0 Å². The second-order valence-electron chi connectivity index (χ2n) is 9.34. The lowest BCUT2D eigenvalue weighted by atomic mass is 10.0. The van der Waals surface area contributed by atoms with Gasteiger partial charge in [0.1, 0.15) is 21.8 Å². The van der Waals surface area contributed by atoms with Gasteiger partial charge in [0.2, 0.25) is 0 Å². The van der Waals surface area contributed by atoms with E-state index in [1.165, 1.54) is 22.5 Å². The molecule has 35 heavy (non-hydrogen) atoms. The van der Waals surface area contributed by atoms with Crippen LogP contribution >= 0.6 is 11.3 Å². The molecule has 0 amide bonds. The van der Waals surface area contributed by atoms with E-state index >= 15 is 0 Å². The topological polar surface area (TPSA) is 115 Å². The zero-order chi connectivity index (χ0) is 24.5. The number of fused-ring (bicyclic) bond motifs is 1. The second-order valence-corrected chi connectivity index (χ2v) is 10.3. The van der Waals surface area contributed by atoms with Gasteiger partial charge in [0.15, 0.2) is 6.35 Å². The highest BCUT2D eigenvalue weighted by Crippen LogP contribution is 2.40. The predicted octanol–water partition coefficient (Wildman–Crippen LogP) is 3.45. The van der Waals surface area contributed by atoms with E-state index in [-0.39, 0.29) is 18.2 Å². The first-order valence-corrected chi connectivity index (χ1v) is 12.8. The van der Waals surface area contributed by atoms with Crippen LogP contribution in [0.15, 0.2) is 36.4 Å². The fraction of sp³-hybridized carbons (Fsp3) is 0.423. The Bertz CT molecular complexity index is 1250. The maximum atomic E-state index is 10.6. The minimum absolute atomic E-state index is 0.0115. The summed E-state index contributed by atoms with van der Waals surface area (Å²) in [6.45, 7) is 5.03. The summed E-state index contributed by atoms with van der Waals surface area (Å²) in [5, 5.41) is 43.8. The monoisotopic (exact) mass is 491 g/mol. The summed E-state index contributed by atoms with van der Waals surface area (Å²) >= 11 is 1.50. The Kier molecular flexibility index (Phi) is 6.82. The van der Waals surface area contributed by atoms with Gasteiger partial charge >= 0.3 is 0 Å². The third-order valence-electron chi connectivity index (χ3n) is 6.53. The van der Waals surface area contributed by atoms with Gasteiger partial charge in [-0.25, -0.2) is 0 Å². The van der Waals surface area contributed by atoms with Crippen LogP contribution in [-0.2, 0) is 6.42 Å². The van der Waals surface area contributed by atoms with Gasteiger partial charge in [-0.3, -0.25) is 10.2 Å². The van der Waals surface area contributed by atoms with Crippen LogP contribution in [-0.4, -0.2) is 57.0 Å². The molecule has 0 spiro atoms. The smallest absolute Gasteiger partial charge is 0.163 e. The molecule has 3 aromatic rings. The summed E-state index contributed by atoms with van der Waals surface area (Å²) in [5.74, 6) is 0.570. The van der Waals surface area contributed by atoms with Crippen molar-refractivity contribution in [3.05, 3.63) is 53.1 Å². The van der Waals surface area contributed by atoms with E-state index in [4.69, 9.17) is 4.74 Å². The van der Waals surface area contributed by atoms with E-state index in [1.807, 2.05) is 36.9 Å². The molecule has 1 saturated heterocycles. The number of aliphatic hydroxyl groups is 2. The van der Waals surface area contributed by atoms with Crippen LogP contribution in [0.25, 0.3) is 21.1 Å². The Morgan fingerprint density at radius 1 is 1.20 bits per heavy atom. The number of aromatic nitrogens is 2. The van der Waals surface area contributed by atoms with Crippen LogP contribution in [0.4, 0.5) is 0 Å². The lowest BCUT2D eigenvalue weighted by Gasteiger charge is -2.27. The largest absolute Gasteiger partial charge is 0.490 e. The molecule has 1 fully saturated rings. The molecule has 8 nitrogen and oxygen atoms in total. The maximum Gasteiger partial charge on any atom is 0.163 e. The molecule has 1 aliphatic carbocycles. The molecule has 1 unspecified atom stereocenters. The lowest BCUT2D eigenvalue weighted by Crippen LogP contribution is -2.45. The molecule has 5 rings (SSSR count). The Morgan fingerprint density at radius 3 is 2.77 bits per heavy atom. The zero-order valence-electron chi connectivity index (χ0n) is 19.8. The Morgan fingerprint density at radius 2 is 2.03 bits per heavy atom. The van der Waals surface area contributed by atoms with Crippen molar-refractivity contribution in [2.24, 2.45) is 0 Å². The van der Waals surface area contributed by atoms with Gasteiger partial charge in [0, 0.05) is 30.3 Å². The fourth-order valence-electron chi connectivity index (χ4n) is 4.86. The number of aliphatic hydroxyl groups excluding tert-OH is 2. The Balaban J connectivity index is 1.37. The number of likely N-dealkylation sites (tertiary alicyclic amines) is 1. The molecule has 1 aliphatic heterocycles. The van der Waals surface area contributed by atoms with Crippen LogP contribution in [0, 0.1) is 11.3 Å². The third-order valence-corrected chi connectivity index (χ3v) is 7.53. The number of nitrogens with one attached hydrogen (secondary N) is 1. The number of hydrogen-bond donors (Lipinski definition) is 3. The molecule has 2 aromatic carbocycles. The van der Waals surface area contributed by atoms with Gasteiger partial charge < -0.3 is 14.9 Å². The number of nitrogens with zero attached hydrogens (tertiary/aromatic N) is 4. The van der Waals surface area contributed by atoms with Crippen molar-refractivity contribution < 1.29 is 14.9 Å². The fourth-order valence-corrected chi connectivity index (χ4v) is 5.75. The molecule has 2 heterocycles. The first kappa shape index (κ1) is 23.9. The minimum atomic E-state index is -0.781. The van der Waals surface area contributed by atoms with E-state index in [2.05, 4.69) is 33.7 Å². The van der Waals surface area contributed by atoms with Gasteiger partial charge in [0.25, 0.3) is 0 Å². The number of rotatable bonds is 7. The Labute approximate surface area is 208 Å².